The molecular weight excluding hydrogens is 784 g/mol. The van der Waals surface area contributed by atoms with Crippen LogP contribution in [0.1, 0.15) is 48.5 Å². The van der Waals surface area contributed by atoms with Crippen LogP contribution >= 0.6 is 0 Å². The van der Waals surface area contributed by atoms with Crippen LogP contribution < -0.4 is 10.5 Å². The highest BCUT2D eigenvalue weighted by molar-refractivity contribution is 6.03. The van der Waals surface area contributed by atoms with E-state index in [1.807, 2.05) is 36.4 Å². The predicted octanol–water partition coefficient (Wildman–Crippen LogP) is 6.31. The summed E-state index contributed by atoms with van der Waals surface area (Å²) in [4.78, 5) is 41.5. The molecule has 320 valence electrons. The average Bonchev–Trinajstić information content (AvgIpc) is 3.39. The third-order valence-electron chi connectivity index (χ3n) is 8.34. The van der Waals surface area contributed by atoms with Gasteiger partial charge in [-0.2, -0.15) is 8.78 Å². The number of hydrogen-bond donors (Lipinski definition) is 1. The Bertz CT molecular complexity index is 1900. The lowest BCUT2D eigenvalue weighted by Gasteiger charge is -2.09. The van der Waals surface area contributed by atoms with Crippen molar-refractivity contribution in [3.8, 4) is 16.9 Å². The Hall–Kier alpha value is -5.04. The molecule has 0 fully saturated rings. The standard InChI is InChI=1S/C42H48F4N2O11/c1-2-58-42(51)32-24-30-9-8-29(25-35(30)48-37(47)26-32)28-5-3-6-31(23-28)36(49)7-4-11-52-13-15-54-17-19-56-21-22-57-20-18-55-16-14-53-12-10-38(50)59-41-39(45)33(43)27-34(44)40(41)46/h3,5-6,8-9,23-25,27H,2,4,7,10-22,26H2,1H3,(H2,47,48). The molecule has 0 saturated carbocycles. The van der Waals surface area contributed by atoms with Crippen molar-refractivity contribution in [1.29, 1.82) is 0 Å². The zero-order valence-electron chi connectivity index (χ0n) is 32.7. The normalized spacial score (nSPS) is 12.4. The second-order valence-corrected chi connectivity index (χ2v) is 12.7. The van der Waals surface area contributed by atoms with E-state index in [0.29, 0.717) is 88.4 Å². The Labute approximate surface area is 339 Å². The lowest BCUT2D eigenvalue weighted by molar-refractivity contribution is -0.138. The fourth-order valence-electron chi connectivity index (χ4n) is 5.44. The Kier molecular flexibility index (Phi) is 20.1. The molecule has 0 aliphatic carbocycles. The minimum Gasteiger partial charge on any atom is -0.463 e. The molecule has 0 atom stereocenters. The van der Waals surface area contributed by atoms with Crippen LogP contribution in [0, 0.1) is 23.3 Å². The molecule has 2 N–H and O–H groups in total. The smallest absolute Gasteiger partial charge is 0.334 e. The number of carbonyl (C=O) groups is 3. The van der Waals surface area contributed by atoms with E-state index in [-0.39, 0.29) is 51.3 Å². The number of hydrogen-bond acceptors (Lipinski definition) is 13. The van der Waals surface area contributed by atoms with Gasteiger partial charge in [0.2, 0.25) is 17.4 Å². The molecule has 1 heterocycles. The van der Waals surface area contributed by atoms with E-state index < -0.39 is 47.4 Å². The van der Waals surface area contributed by atoms with Crippen LogP contribution in [0.15, 0.2) is 59.1 Å². The van der Waals surface area contributed by atoms with Crippen molar-refractivity contribution in [1.82, 2.24) is 0 Å². The summed E-state index contributed by atoms with van der Waals surface area (Å²) in [6.45, 7) is 5.39. The molecule has 13 nitrogen and oxygen atoms in total. The lowest BCUT2D eigenvalue weighted by Crippen LogP contribution is -2.16. The van der Waals surface area contributed by atoms with Gasteiger partial charge in [-0.25, -0.2) is 18.6 Å². The molecule has 3 aromatic rings. The van der Waals surface area contributed by atoms with Crippen LogP contribution in [-0.4, -0.2) is 109 Å². The summed E-state index contributed by atoms with van der Waals surface area (Å²) in [7, 11) is 0. The van der Waals surface area contributed by atoms with Crippen molar-refractivity contribution in [2.45, 2.75) is 32.6 Å². The van der Waals surface area contributed by atoms with E-state index in [9.17, 15) is 31.9 Å². The van der Waals surface area contributed by atoms with Crippen molar-refractivity contribution in [2.75, 3.05) is 85.9 Å². The number of Topliss-reactive ketones (excluding diaryl/α,β-unsaturated/α-hetero) is 1. The number of halogens is 4. The van der Waals surface area contributed by atoms with E-state index in [0.717, 1.165) is 16.7 Å². The predicted molar refractivity (Wildman–Crippen MR) is 207 cm³/mol. The second-order valence-electron chi connectivity index (χ2n) is 12.7. The van der Waals surface area contributed by atoms with Gasteiger partial charge in [0.15, 0.2) is 17.4 Å². The number of nitrogens with zero attached hydrogens (tertiary/aromatic N) is 1. The molecule has 0 unspecified atom stereocenters. The second kappa shape index (κ2) is 25.4. The van der Waals surface area contributed by atoms with Crippen LogP contribution in [0.2, 0.25) is 0 Å². The van der Waals surface area contributed by atoms with Crippen LogP contribution in [0.25, 0.3) is 17.2 Å². The highest BCUT2D eigenvalue weighted by atomic mass is 19.2. The summed E-state index contributed by atoms with van der Waals surface area (Å²) in [6.07, 6.45) is 2.43. The first-order valence-electron chi connectivity index (χ1n) is 19.1. The SMILES string of the molecule is CCOC(=O)C1=Cc2ccc(-c3cccc(C(=O)CCCOCCOCCOCCOCCOCCOCCC(=O)Oc4c(F)c(F)cc(F)c4F)c3)cc2N=C(N)C1. The van der Waals surface area contributed by atoms with Crippen LogP contribution in [0.5, 0.6) is 5.75 Å². The summed E-state index contributed by atoms with van der Waals surface area (Å²) in [5, 5.41) is 0. The number of fused-ring (bicyclic) bond motifs is 1. The van der Waals surface area contributed by atoms with Crippen molar-refractivity contribution in [2.24, 2.45) is 10.7 Å². The Morgan fingerprint density at radius 3 is 1.83 bits per heavy atom. The van der Waals surface area contributed by atoms with Gasteiger partial charge in [-0.3, -0.25) is 9.59 Å². The third kappa shape index (κ3) is 15.9. The molecule has 0 bridgehead atoms. The minimum atomic E-state index is -1.80. The number of benzene rings is 3. The van der Waals surface area contributed by atoms with Gasteiger partial charge in [-0.05, 0) is 42.7 Å². The summed E-state index contributed by atoms with van der Waals surface area (Å²) in [6, 6.07) is 13.1. The summed E-state index contributed by atoms with van der Waals surface area (Å²) in [5.41, 5.74) is 10.2. The molecule has 59 heavy (non-hydrogen) atoms. The van der Waals surface area contributed by atoms with Gasteiger partial charge in [-0.1, -0.05) is 30.3 Å². The zero-order valence-corrected chi connectivity index (χ0v) is 32.7. The summed E-state index contributed by atoms with van der Waals surface area (Å²) >= 11 is 0. The maximum atomic E-state index is 13.6. The zero-order chi connectivity index (χ0) is 42.4. The van der Waals surface area contributed by atoms with Gasteiger partial charge in [0.25, 0.3) is 0 Å². The summed E-state index contributed by atoms with van der Waals surface area (Å²) < 4.78 is 95.5. The summed E-state index contributed by atoms with van der Waals surface area (Å²) in [5.74, 6) is -9.63. The van der Waals surface area contributed by atoms with Gasteiger partial charge < -0.3 is 43.6 Å². The van der Waals surface area contributed by atoms with Crippen molar-refractivity contribution < 1.29 is 69.8 Å². The van der Waals surface area contributed by atoms with E-state index >= 15 is 0 Å². The van der Waals surface area contributed by atoms with Crippen LogP contribution in [0.3, 0.4) is 0 Å². The third-order valence-corrected chi connectivity index (χ3v) is 8.34. The highest BCUT2D eigenvalue weighted by Gasteiger charge is 2.23. The van der Waals surface area contributed by atoms with Gasteiger partial charge >= 0.3 is 11.9 Å². The van der Waals surface area contributed by atoms with E-state index in [4.69, 9.17) is 38.9 Å². The Balaban J connectivity index is 0.953. The molecule has 0 amide bonds. The molecule has 3 aromatic carbocycles. The van der Waals surface area contributed by atoms with Crippen LogP contribution in [-0.2, 0) is 42.7 Å². The molecular formula is C42H48F4N2O11. The van der Waals surface area contributed by atoms with E-state index in [1.165, 1.54) is 0 Å². The van der Waals surface area contributed by atoms with Gasteiger partial charge in [0, 0.05) is 42.2 Å². The highest BCUT2D eigenvalue weighted by Crippen LogP contribution is 2.32. The quantitative estimate of drug-likeness (QED) is 0.0228. The molecule has 1 aliphatic rings. The molecule has 0 radical (unpaired) electrons. The first-order chi connectivity index (χ1) is 28.6. The largest absolute Gasteiger partial charge is 0.463 e. The van der Waals surface area contributed by atoms with Crippen LogP contribution in [0.4, 0.5) is 23.2 Å². The fraction of sp³-hybridized carbons (Fsp3) is 0.429. The fourth-order valence-corrected chi connectivity index (χ4v) is 5.44. The average molecular weight is 833 g/mol. The number of carbonyl (C=O) groups excluding carboxylic acids is 3. The maximum absolute atomic E-state index is 13.6. The number of rotatable bonds is 27. The minimum absolute atomic E-state index is 0.00645. The molecule has 17 heteroatoms. The molecule has 0 aromatic heterocycles. The number of amidine groups is 1. The number of aliphatic imine (C=N–C) groups is 1. The number of nitrogens with two attached hydrogens (primary N) is 1. The van der Waals surface area contributed by atoms with Gasteiger partial charge in [-0.15, -0.1) is 0 Å². The first-order valence-corrected chi connectivity index (χ1v) is 19.1. The van der Waals surface area contributed by atoms with Gasteiger partial charge in [0.05, 0.1) is 91.4 Å². The van der Waals surface area contributed by atoms with Gasteiger partial charge in [0.1, 0.15) is 5.84 Å². The maximum Gasteiger partial charge on any atom is 0.334 e. The Morgan fingerprint density at radius 1 is 0.678 bits per heavy atom. The molecule has 0 spiro atoms. The first kappa shape index (κ1) is 46.6. The number of ketones is 1. The monoisotopic (exact) mass is 832 g/mol. The van der Waals surface area contributed by atoms with Crippen molar-refractivity contribution in [3.05, 3.63) is 88.5 Å². The lowest BCUT2D eigenvalue weighted by atomic mass is 9.98. The van der Waals surface area contributed by atoms with Crippen molar-refractivity contribution in [3.63, 3.8) is 0 Å². The molecule has 0 saturated heterocycles. The molecule has 4 rings (SSSR count). The number of esters is 2. The number of ether oxygens (including phenoxy) is 8. The van der Waals surface area contributed by atoms with Crippen molar-refractivity contribution >= 4 is 35.3 Å². The topological polar surface area (TPSA) is 163 Å². The van der Waals surface area contributed by atoms with E-state index in [1.54, 1.807) is 19.1 Å². The van der Waals surface area contributed by atoms with E-state index in [2.05, 4.69) is 9.73 Å². The molecule has 1 aliphatic heterocycles. The Morgan fingerprint density at radius 2 is 1.24 bits per heavy atom.